The van der Waals surface area contributed by atoms with Crippen LogP contribution in [-0.2, 0) is 15.6 Å². The number of hydrogen-bond acceptors (Lipinski definition) is 3. The minimum Gasteiger partial charge on any atom is -0.497 e. The number of benzene rings is 1. The van der Waals surface area contributed by atoms with Crippen molar-refractivity contribution in [3.05, 3.63) is 24.3 Å². The van der Waals surface area contributed by atoms with Crippen LogP contribution in [-0.4, -0.2) is 22.4 Å². The van der Waals surface area contributed by atoms with Crippen molar-refractivity contribution in [3.8, 4) is 5.75 Å². The van der Waals surface area contributed by atoms with E-state index in [0.717, 1.165) is 17.1 Å². The quantitative estimate of drug-likeness (QED) is 0.828. The number of rotatable bonds is 3. The first-order chi connectivity index (χ1) is 8.13. The predicted octanol–water partition coefficient (Wildman–Crippen LogP) is 2.17. The van der Waals surface area contributed by atoms with Gasteiger partial charge >= 0.3 is 0 Å². The van der Waals surface area contributed by atoms with E-state index in [1.807, 2.05) is 19.1 Å². The molecule has 0 aliphatic heterocycles. The van der Waals surface area contributed by atoms with E-state index in [1.165, 1.54) is 0 Å². The number of methoxy groups -OCH3 is 1. The zero-order valence-electron chi connectivity index (χ0n) is 10.0. The Morgan fingerprint density at radius 3 is 2.41 bits per heavy atom. The molecule has 0 bridgehead atoms. The molecule has 1 fully saturated rings. The molecule has 1 aliphatic rings. The summed E-state index contributed by atoms with van der Waals surface area (Å²) < 4.78 is 17.4. The molecule has 1 aromatic rings. The van der Waals surface area contributed by atoms with E-state index >= 15 is 0 Å². The van der Waals surface area contributed by atoms with Crippen LogP contribution in [0.4, 0.5) is 0 Å². The van der Waals surface area contributed by atoms with E-state index in [-0.39, 0.29) is 17.0 Å². The molecule has 0 heterocycles. The van der Waals surface area contributed by atoms with Gasteiger partial charge in [-0.15, -0.1) is 0 Å². The smallest absolute Gasteiger partial charge is 0.136 e. The third-order valence-electron chi connectivity index (χ3n) is 3.31. The molecule has 92 valence electrons. The second kappa shape index (κ2) is 5.00. The molecule has 4 heteroatoms. The van der Waals surface area contributed by atoms with Gasteiger partial charge in [-0.2, -0.15) is 0 Å². The number of Topliss-reactive ketones (excluding diaryl/α,β-unsaturated/α-hetero) is 1. The molecule has 0 saturated heterocycles. The van der Waals surface area contributed by atoms with Gasteiger partial charge in [0.05, 0.1) is 17.9 Å². The summed E-state index contributed by atoms with van der Waals surface area (Å²) in [7, 11) is 0.505. The molecular weight excluding hydrogens is 236 g/mol. The monoisotopic (exact) mass is 252 g/mol. The van der Waals surface area contributed by atoms with Gasteiger partial charge in [-0.3, -0.25) is 9.00 Å². The van der Waals surface area contributed by atoms with Gasteiger partial charge in [-0.25, -0.2) is 0 Å². The number of carbonyl (C=O) groups excluding carboxylic acids is 1. The van der Waals surface area contributed by atoms with Gasteiger partial charge in [0.25, 0.3) is 0 Å². The molecule has 0 spiro atoms. The van der Waals surface area contributed by atoms with Crippen molar-refractivity contribution in [2.24, 2.45) is 5.92 Å². The zero-order chi connectivity index (χ0) is 12.4. The van der Waals surface area contributed by atoms with Crippen LogP contribution in [0, 0.1) is 5.92 Å². The van der Waals surface area contributed by atoms with Crippen LogP contribution in [0.25, 0.3) is 0 Å². The maximum atomic E-state index is 12.3. The molecule has 3 unspecified atom stereocenters. The third kappa shape index (κ3) is 2.41. The summed E-state index contributed by atoms with van der Waals surface area (Å²) in [5, 5.41) is -0.0316. The van der Waals surface area contributed by atoms with Crippen LogP contribution >= 0.6 is 0 Å². The summed E-state index contributed by atoms with van der Waals surface area (Å²) in [6.07, 6.45) is 1.30. The fraction of sp³-hybridized carbons (Fsp3) is 0.462. The normalized spacial score (nSPS) is 25.9. The second-order valence-electron chi connectivity index (χ2n) is 4.31. The Bertz CT molecular complexity index is 438. The Morgan fingerprint density at radius 2 is 1.94 bits per heavy atom. The molecule has 2 rings (SSSR count). The largest absolute Gasteiger partial charge is 0.497 e. The fourth-order valence-corrected chi connectivity index (χ4v) is 3.76. The molecule has 0 aromatic heterocycles. The first-order valence-corrected chi connectivity index (χ1v) is 6.92. The van der Waals surface area contributed by atoms with Crippen molar-refractivity contribution < 1.29 is 13.7 Å². The molecule has 1 aromatic carbocycles. The molecule has 3 nitrogen and oxygen atoms in total. The molecule has 3 atom stereocenters. The van der Waals surface area contributed by atoms with Gasteiger partial charge in [0.2, 0.25) is 0 Å². The Kier molecular flexibility index (Phi) is 3.62. The van der Waals surface area contributed by atoms with Gasteiger partial charge < -0.3 is 4.74 Å². The van der Waals surface area contributed by atoms with Crippen molar-refractivity contribution in [1.29, 1.82) is 0 Å². The first kappa shape index (κ1) is 12.3. The second-order valence-corrected chi connectivity index (χ2v) is 5.98. The Balaban J connectivity index is 2.16. The number of ether oxygens (including phenoxy) is 1. The van der Waals surface area contributed by atoms with E-state index in [1.54, 1.807) is 19.2 Å². The lowest BCUT2D eigenvalue weighted by Crippen LogP contribution is -2.21. The molecule has 0 amide bonds. The van der Waals surface area contributed by atoms with Gasteiger partial charge in [0, 0.05) is 22.5 Å². The van der Waals surface area contributed by atoms with Crippen LogP contribution in [0.15, 0.2) is 29.2 Å². The third-order valence-corrected chi connectivity index (χ3v) is 5.24. The SMILES string of the molecule is COc1ccc(S(=O)C2CCC(=O)C2C)cc1. The molecule has 1 saturated carbocycles. The standard InChI is InChI=1S/C13H16O3S/c1-9-12(14)7-8-13(9)17(15)11-5-3-10(16-2)4-6-11/h3-6,9,13H,7-8H2,1-2H3. The van der Waals surface area contributed by atoms with Crippen LogP contribution in [0.1, 0.15) is 19.8 Å². The van der Waals surface area contributed by atoms with Crippen molar-refractivity contribution in [3.63, 3.8) is 0 Å². The molecule has 0 N–H and O–H groups in total. The van der Waals surface area contributed by atoms with Crippen LogP contribution in [0.2, 0.25) is 0 Å². The average molecular weight is 252 g/mol. The predicted molar refractivity (Wildman–Crippen MR) is 66.6 cm³/mol. The van der Waals surface area contributed by atoms with Crippen molar-refractivity contribution in [1.82, 2.24) is 0 Å². The molecule has 0 radical (unpaired) electrons. The zero-order valence-corrected chi connectivity index (χ0v) is 10.8. The lowest BCUT2D eigenvalue weighted by molar-refractivity contribution is -0.120. The van der Waals surface area contributed by atoms with Gasteiger partial charge in [-0.05, 0) is 30.7 Å². The number of carbonyl (C=O) groups is 1. The topological polar surface area (TPSA) is 43.4 Å². The fourth-order valence-electron chi connectivity index (χ4n) is 2.15. The summed E-state index contributed by atoms with van der Waals surface area (Å²) in [6.45, 7) is 1.88. The highest BCUT2D eigenvalue weighted by Gasteiger charge is 2.35. The van der Waals surface area contributed by atoms with Crippen LogP contribution in [0.3, 0.4) is 0 Å². The van der Waals surface area contributed by atoms with E-state index < -0.39 is 10.8 Å². The Hall–Kier alpha value is -1.16. The van der Waals surface area contributed by atoms with Crippen LogP contribution in [0.5, 0.6) is 5.75 Å². The van der Waals surface area contributed by atoms with Crippen molar-refractivity contribution in [2.45, 2.75) is 29.9 Å². The van der Waals surface area contributed by atoms with Crippen LogP contribution < -0.4 is 4.74 Å². The van der Waals surface area contributed by atoms with E-state index in [9.17, 15) is 9.00 Å². The first-order valence-electron chi connectivity index (χ1n) is 5.71. The number of ketones is 1. The Labute approximate surface area is 104 Å². The van der Waals surface area contributed by atoms with Crippen molar-refractivity contribution >= 4 is 16.6 Å². The highest BCUT2D eigenvalue weighted by Crippen LogP contribution is 2.30. The summed E-state index contributed by atoms with van der Waals surface area (Å²) in [5.41, 5.74) is 0. The summed E-state index contributed by atoms with van der Waals surface area (Å²) in [4.78, 5) is 12.2. The maximum Gasteiger partial charge on any atom is 0.136 e. The van der Waals surface area contributed by atoms with Crippen molar-refractivity contribution in [2.75, 3.05) is 7.11 Å². The molecule has 1 aliphatic carbocycles. The van der Waals surface area contributed by atoms with E-state index in [0.29, 0.717) is 6.42 Å². The number of hydrogen-bond donors (Lipinski definition) is 0. The van der Waals surface area contributed by atoms with E-state index in [4.69, 9.17) is 4.74 Å². The maximum absolute atomic E-state index is 12.3. The lowest BCUT2D eigenvalue weighted by atomic mass is 10.1. The molecular formula is C13H16O3S. The average Bonchev–Trinajstić information content (AvgIpc) is 2.69. The highest BCUT2D eigenvalue weighted by atomic mass is 32.2. The van der Waals surface area contributed by atoms with E-state index in [2.05, 4.69) is 0 Å². The summed E-state index contributed by atoms with van der Waals surface area (Å²) >= 11 is 0. The van der Waals surface area contributed by atoms with Gasteiger partial charge in [0.1, 0.15) is 11.5 Å². The summed E-state index contributed by atoms with van der Waals surface area (Å²) in [6, 6.07) is 7.22. The minimum atomic E-state index is -1.10. The van der Waals surface area contributed by atoms with Gasteiger partial charge in [0.15, 0.2) is 0 Å². The van der Waals surface area contributed by atoms with Gasteiger partial charge in [-0.1, -0.05) is 6.92 Å². The lowest BCUT2D eigenvalue weighted by Gasteiger charge is -2.13. The summed E-state index contributed by atoms with van der Waals surface area (Å²) in [5.74, 6) is 0.899. The highest BCUT2D eigenvalue weighted by molar-refractivity contribution is 7.85. The molecule has 17 heavy (non-hydrogen) atoms. The minimum absolute atomic E-state index is 0.0316. The Morgan fingerprint density at radius 1 is 1.29 bits per heavy atom.